The van der Waals surface area contributed by atoms with Gasteiger partial charge in [0.05, 0.1) is 0 Å². The molecule has 2 aromatic rings. The second-order valence-electron chi connectivity index (χ2n) is 4.64. The summed E-state index contributed by atoms with van der Waals surface area (Å²) in [7, 11) is 3.05. The van der Waals surface area contributed by atoms with Crippen molar-refractivity contribution in [2.45, 2.75) is 13.1 Å². The monoisotopic (exact) mass is 277 g/mol. The van der Waals surface area contributed by atoms with E-state index in [4.69, 9.17) is 0 Å². The molecule has 0 aliphatic heterocycles. The smallest absolute Gasteiger partial charge is 0.308 e. The fourth-order valence-corrected chi connectivity index (χ4v) is 1.95. The van der Waals surface area contributed by atoms with E-state index in [1.807, 2.05) is 0 Å². The predicted molar refractivity (Wildman–Crippen MR) is 73.9 cm³/mol. The number of benzene rings is 1. The lowest BCUT2D eigenvalue weighted by Gasteiger charge is -2.08. The molecule has 0 radical (unpaired) electrons. The average Bonchev–Trinajstić information content (AvgIpc) is 2.44. The number of nitrogens with one attached hydrogen (secondary N) is 1. The molecule has 0 spiro atoms. The van der Waals surface area contributed by atoms with Crippen molar-refractivity contribution in [3.8, 4) is 0 Å². The number of nitrogens with zero attached hydrogens (tertiary/aromatic N) is 2. The molecule has 6 heteroatoms. The van der Waals surface area contributed by atoms with Crippen molar-refractivity contribution in [2.75, 3.05) is 0 Å². The van der Waals surface area contributed by atoms with Crippen LogP contribution in [0.2, 0.25) is 0 Å². The molecular formula is C14H16FN3O2. The van der Waals surface area contributed by atoms with Crippen molar-refractivity contribution in [3.05, 3.63) is 68.2 Å². The molecule has 0 bridgehead atoms. The van der Waals surface area contributed by atoms with Gasteiger partial charge in [0.15, 0.2) is 0 Å². The summed E-state index contributed by atoms with van der Waals surface area (Å²) in [6.45, 7) is 0.866. The molecule has 0 unspecified atom stereocenters. The average molecular weight is 277 g/mol. The maximum Gasteiger partial charge on any atom is 0.330 e. The molecule has 0 saturated carbocycles. The summed E-state index contributed by atoms with van der Waals surface area (Å²) in [6.07, 6.45) is 1.53. The van der Waals surface area contributed by atoms with Gasteiger partial charge in [-0.1, -0.05) is 12.1 Å². The molecule has 0 fully saturated rings. The van der Waals surface area contributed by atoms with Gasteiger partial charge in [-0.05, 0) is 17.7 Å². The number of rotatable bonds is 4. The molecule has 5 nitrogen and oxygen atoms in total. The third-order valence-corrected chi connectivity index (χ3v) is 3.08. The van der Waals surface area contributed by atoms with Crippen LogP contribution in [0.15, 0.2) is 40.1 Å². The van der Waals surface area contributed by atoms with E-state index >= 15 is 0 Å². The van der Waals surface area contributed by atoms with Crippen LogP contribution in [0.3, 0.4) is 0 Å². The lowest BCUT2D eigenvalue weighted by Crippen LogP contribution is -2.39. The van der Waals surface area contributed by atoms with Gasteiger partial charge in [-0.2, -0.15) is 0 Å². The topological polar surface area (TPSA) is 56.0 Å². The van der Waals surface area contributed by atoms with E-state index in [9.17, 15) is 14.0 Å². The largest absolute Gasteiger partial charge is 0.330 e. The standard InChI is InChI=1S/C14H16FN3O2/c1-17-9-11(13(19)18(2)14(17)20)8-16-7-10-3-5-12(15)6-4-10/h3-6,9,16H,7-8H2,1-2H3. The third-order valence-electron chi connectivity index (χ3n) is 3.08. The Morgan fingerprint density at radius 1 is 1.10 bits per heavy atom. The zero-order chi connectivity index (χ0) is 14.7. The van der Waals surface area contributed by atoms with E-state index in [-0.39, 0.29) is 17.1 Å². The van der Waals surface area contributed by atoms with Crippen LogP contribution >= 0.6 is 0 Å². The van der Waals surface area contributed by atoms with Gasteiger partial charge in [0, 0.05) is 38.9 Å². The molecule has 1 N–H and O–H groups in total. The van der Waals surface area contributed by atoms with Crippen molar-refractivity contribution >= 4 is 0 Å². The highest BCUT2D eigenvalue weighted by Crippen LogP contribution is 2.02. The van der Waals surface area contributed by atoms with Crippen LogP contribution in [-0.4, -0.2) is 9.13 Å². The van der Waals surface area contributed by atoms with Gasteiger partial charge in [-0.15, -0.1) is 0 Å². The van der Waals surface area contributed by atoms with Crippen molar-refractivity contribution in [3.63, 3.8) is 0 Å². The van der Waals surface area contributed by atoms with Crippen molar-refractivity contribution < 1.29 is 4.39 Å². The molecule has 0 aliphatic rings. The Labute approximate surface area is 115 Å². The Balaban J connectivity index is 2.07. The minimum Gasteiger partial charge on any atom is -0.308 e. The first kappa shape index (κ1) is 14.2. The van der Waals surface area contributed by atoms with E-state index in [0.717, 1.165) is 10.1 Å². The first-order valence-corrected chi connectivity index (χ1v) is 6.19. The van der Waals surface area contributed by atoms with Crippen molar-refractivity contribution in [1.82, 2.24) is 14.5 Å². The molecule has 0 amide bonds. The molecule has 0 saturated heterocycles. The summed E-state index contributed by atoms with van der Waals surface area (Å²) in [6, 6.07) is 6.15. The minimum absolute atomic E-state index is 0.277. The Morgan fingerprint density at radius 2 is 1.75 bits per heavy atom. The number of hydrogen-bond donors (Lipinski definition) is 1. The molecule has 1 aromatic heterocycles. The zero-order valence-corrected chi connectivity index (χ0v) is 11.4. The second kappa shape index (κ2) is 5.83. The fourth-order valence-electron chi connectivity index (χ4n) is 1.95. The summed E-state index contributed by atoms with van der Waals surface area (Å²) in [5, 5.41) is 3.10. The SMILES string of the molecule is Cn1cc(CNCc2ccc(F)cc2)c(=O)n(C)c1=O. The number of aromatic nitrogens is 2. The van der Waals surface area contributed by atoms with Gasteiger partial charge in [0.25, 0.3) is 5.56 Å². The molecule has 106 valence electrons. The molecule has 2 rings (SSSR count). The van der Waals surface area contributed by atoms with E-state index in [1.165, 1.54) is 29.9 Å². The third kappa shape index (κ3) is 3.03. The van der Waals surface area contributed by atoms with Crippen molar-refractivity contribution in [1.29, 1.82) is 0 Å². The first-order chi connectivity index (χ1) is 9.49. The first-order valence-electron chi connectivity index (χ1n) is 6.19. The summed E-state index contributed by atoms with van der Waals surface area (Å²) in [5.74, 6) is -0.277. The van der Waals surface area contributed by atoms with Crippen LogP contribution in [0.25, 0.3) is 0 Å². The highest BCUT2D eigenvalue weighted by Gasteiger charge is 2.06. The molecule has 0 aliphatic carbocycles. The van der Waals surface area contributed by atoms with Crippen LogP contribution in [0, 0.1) is 5.82 Å². The second-order valence-corrected chi connectivity index (χ2v) is 4.64. The highest BCUT2D eigenvalue weighted by atomic mass is 19.1. The Bertz CT molecular complexity index is 717. The minimum atomic E-state index is -0.350. The zero-order valence-electron chi connectivity index (χ0n) is 11.4. The number of aryl methyl sites for hydroxylation is 1. The Morgan fingerprint density at radius 3 is 2.40 bits per heavy atom. The van der Waals surface area contributed by atoms with E-state index in [1.54, 1.807) is 19.2 Å². The van der Waals surface area contributed by atoms with Crippen LogP contribution < -0.4 is 16.6 Å². The lowest BCUT2D eigenvalue weighted by atomic mass is 10.2. The quantitative estimate of drug-likeness (QED) is 0.886. The normalized spacial score (nSPS) is 10.8. The van der Waals surface area contributed by atoms with Gasteiger partial charge in [-0.3, -0.25) is 9.36 Å². The van der Waals surface area contributed by atoms with Crippen LogP contribution in [0.4, 0.5) is 4.39 Å². The summed E-state index contributed by atoms with van der Waals surface area (Å²) in [4.78, 5) is 23.4. The van der Waals surface area contributed by atoms with Gasteiger partial charge in [0.1, 0.15) is 5.82 Å². The highest BCUT2D eigenvalue weighted by molar-refractivity contribution is 5.16. The molecular weight excluding hydrogens is 261 g/mol. The van der Waals surface area contributed by atoms with Gasteiger partial charge >= 0.3 is 5.69 Å². The Kier molecular flexibility index (Phi) is 4.14. The fraction of sp³-hybridized carbons (Fsp3) is 0.286. The Hall–Kier alpha value is -2.21. The van der Waals surface area contributed by atoms with Crippen molar-refractivity contribution in [2.24, 2.45) is 14.1 Å². The lowest BCUT2D eigenvalue weighted by molar-refractivity contribution is 0.620. The maximum absolute atomic E-state index is 12.8. The predicted octanol–water partition coefficient (Wildman–Crippen LogP) is 0.513. The van der Waals surface area contributed by atoms with Crippen LogP contribution in [0.5, 0.6) is 0 Å². The van der Waals surface area contributed by atoms with E-state index in [2.05, 4.69) is 5.32 Å². The van der Waals surface area contributed by atoms with Gasteiger partial charge < -0.3 is 9.88 Å². The molecule has 0 atom stereocenters. The molecule has 1 aromatic carbocycles. The van der Waals surface area contributed by atoms with Gasteiger partial charge in [-0.25, -0.2) is 9.18 Å². The van der Waals surface area contributed by atoms with Crippen LogP contribution in [0.1, 0.15) is 11.1 Å². The maximum atomic E-state index is 12.8. The number of halogens is 1. The van der Waals surface area contributed by atoms with Gasteiger partial charge in [0.2, 0.25) is 0 Å². The summed E-state index contributed by atoms with van der Waals surface area (Å²) >= 11 is 0. The molecule has 20 heavy (non-hydrogen) atoms. The molecule has 1 heterocycles. The summed E-state index contributed by atoms with van der Waals surface area (Å²) in [5.41, 5.74) is 0.779. The number of hydrogen-bond acceptors (Lipinski definition) is 3. The van der Waals surface area contributed by atoms with E-state index in [0.29, 0.717) is 18.7 Å². The summed E-state index contributed by atoms with van der Waals surface area (Å²) < 4.78 is 15.2. The van der Waals surface area contributed by atoms with Crippen LogP contribution in [-0.2, 0) is 27.2 Å². The van der Waals surface area contributed by atoms with E-state index < -0.39 is 0 Å².